The summed E-state index contributed by atoms with van der Waals surface area (Å²) in [6.45, 7) is 2.40. The standard InChI is InChI=1S/C11H12N2O/c1-8-7-14-11(13-8)10-5-3-2-4-9(10)6-12/h2-5,7H,6,12H2,1H3. The van der Waals surface area contributed by atoms with Gasteiger partial charge in [-0.15, -0.1) is 0 Å². The van der Waals surface area contributed by atoms with E-state index in [0.717, 1.165) is 16.8 Å². The molecule has 0 unspecified atom stereocenters. The Morgan fingerprint density at radius 1 is 1.36 bits per heavy atom. The molecule has 0 aliphatic heterocycles. The average molecular weight is 188 g/mol. The highest BCUT2D eigenvalue weighted by Crippen LogP contribution is 2.22. The first-order valence-corrected chi connectivity index (χ1v) is 4.51. The van der Waals surface area contributed by atoms with E-state index in [4.69, 9.17) is 10.2 Å². The van der Waals surface area contributed by atoms with Crippen molar-refractivity contribution in [2.24, 2.45) is 5.73 Å². The van der Waals surface area contributed by atoms with Gasteiger partial charge in [0.05, 0.1) is 5.69 Å². The van der Waals surface area contributed by atoms with Gasteiger partial charge in [-0.05, 0) is 18.6 Å². The molecule has 14 heavy (non-hydrogen) atoms. The second kappa shape index (κ2) is 3.64. The highest BCUT2D eigenvalue weighted by atomic mass is 16.3. The van der Waals surface area contributed by atoms with E-state index in [-0.39, 0.29) is 0 Å². The molecule has 0 amide bonds. The fourth-order valence-corrected chi connectivity index (χ4v) is 1.38. The van der Waals surface area contributed by atoms with E-state index < -0.39 is 0 Å². The summed E-state index contributed by atoms with van der Waals surface area (Å²) in [7, 11) is 0. The number of aryl methyl sites for hydroxylation is 1. The molecule has 2 N–H and O–H groups in total. The van der Waals surface area contributed by atoms with Gasteiger partial charge in [0.1, 0.15) is 6.26 Å². The van der Waals surface area contributed by atoms with Crippen LogP contribution in [0.3, 0.4) is 0 Å². The van der Waals surface area contributed by atoms with Crippen molar-refractivity contribution in [3.8, 4) is 11.5 Å². The molecule has 0 bridgehead atoms. The minimum absolute atomic E-state index is 0.498. The van der Waals surface area contributed by atoms with E-state index in [0.29, 0.717) is 12.4 Å². The molecule has 0 saturated heterocycles. The maximum atomic E-state index is 5.63. The summed E-state index contributed by atoms with van der Waals surface area (Å²) < 4.78 is 5.33. The van der Waals surface area contributed by atoms with Gasteiger partial charge in [0.25, 0.3) is 0 Å². The molecule has 3 heteroatoms. The molecule has 72 valence electrons. The third-order valence-corrected chi connectivity index (χ3v) is 2.09. The number of nitrogens with zero attached hydrogens (tertiary/aromatic N) is 1. The number of rotatable bonds is 2. The van der Waals surface area contributed by atoms with Gasteiger partial charge in [0.15, 0.2) is 0 Å². The normalized spacial score (nSPS) is 10.4. The largest absolute Gasteiger partial charge is 0.444 e. The Bertz CT molecular complexity index is 434. The van der Waals surface area contributed by atoms with E-state index >= 15 is 0 Å². The minimum atomic E-state index is 0.498. The van der Waals surface area contributed by atoms with Crippen molar-refractivity contribution in [2.75, 3.05) is 0 Å². The van der Waals surface area contributed by atoms with E-state index in [1.54, 1.807) is 6.26 Å². The first-order chi connectivity index (χ1) is 6.81. The Labute approximate surface area is 82.6 Å². The average Bonchev–Trinajstić information content (AvgIpc) is 2.65. The van der Waals surface area contributed by atoms with Crippen molar-refractivity contribution in [3.63, 3.8) is 0 Å². The van der Waals surface area contributed by atoms with Crippen LogP contribution in [0.15, 0.2) is 34.9 Å². The quantitative estimate of drug-likeness (QED) is 0.785. The van der Waals surface area contributed by atoms with Gasteiger partial charge in [0.2, 0.25) is 5.89 Å². The summed E-state index contributed by atoms with van der Waals surface area (Å²) in [5.74, 6) is 0.642. The van der Waals surface area contributed by atoms with E-state index in [1.165, 1.54) is 0 Å². The van der Waals surface area contributed by atoms with Gasteiger partial charge in [-0.1, -0.05) is 18.2 Å². The first-order valence-electron chi connectivity index (χ1n) is 4.51. The van der Waals surface area contributed by atoms with Crippen molar-refractivity contribution in [1.82, 2.24) is 4.98 Å². The lowest BCUT2D eigenvalue weighted by molar-refractivity contribution is 0.572. The van der Waals surface area contributed by atoms with Crippen LogP contribution in [0.25, 0.3) is 11.5 Å². The van der Waals surface area contributed by atoms with Crippen LogP contribution in [-0.4, -0.2) is 4.98 Å². The highest BCUT2D eigenvalue weighted by molar-refractivity contribution is 5.58. The first kappa shape index (κ1) is 8.97. The predicted octanol–water partition coefficient (Wildman–Crippen LogP) is 2.11. The Hall–Kier alpha value is -1.61. The topological polar surface area (TPSA) is 52.0 Å². The fourth-order valence-electron chi connectivity index (χ4n) is 1.38. The molecular weight excluding hydrogens is 176 g/mol. The molecule has 2 rings (SSSR count). The summed E-state index contributed by atoms with van der Waals surface area (Å²) in [6, 6.07) is 7.86. The molecule has 0 aliphatic carbocycles. The van der Waals surface area contributed by atoms with Crippen LogP contribution in [0.2, 0.25) is 0 Å². The van der Waals surface area contributed by atoms with Gasteiger partial charge in [-0.25, -0.2) is 4.98 Å². The Morgan fingerprint density at radius 2 is 2.14 bits per heavy atom. The fraction of sp³-hybridized carbons (Fsp3) is 0.182. The van der Waals surface area contributed by atoms with E-state index in [9.17, 15) is 0 Å². The summed E-state index contributed by atoms with van der Waals surface area (Å²) in [4.78, 5) is 4.27. The second-order valence-corrected chi connectivity index (χ2v) is 3.16. The molecule has 1 aromatic carbocycles. The van der Waals surface area contributed by atoms with Crippen molar-refractivity contribution in [2.45, 2.75) is 13.5 Å². The minimum Gasteiger partial charge on any atom is -0.444 e. The lowest BCUT2D eigenvalue weighted by Gasteiger charge is -2.02. The van der Waals surface area contributed by atoms with Gasteiger partial charge in [0, 0.05) is 12.1 Å². The number of nitrogens with two attached hydrogens (primary N) is 1. The van der Waals surface area contributed by atoms with Crippen molar-refractivity contribution in [3.05, 3.63) is 41.8 Å². The smallest absolute Gasteiger partial charge is 0.226 e. The molecule has 0 fully saturated rings. The molecule has 1 aromatic heterocycles. The van der Waals surface area contributed by atoms with Gasteiger partial charge < -0.3 is 10.2 Å². The number of aromatic nitrogens is 1. The maximum Gasteiger partial charge on any atom is 0.226 e. The zero-order valence-corrected chi connectivity index (χ0v) is 8.03. The summed E-state index contributed by atoms with van der Waals surface area (Å²) in [5, 5.41) is 0. The SMILES string of the molecule is Cc1coc(-c2ccccc2CN)n1. The van der Waals surface area contributed by atoms with Gasteiger partial charge >= 0.3 is 0 Å². The Balaban J connectivity index is 2.50. The van der Waals surface area contributed by atoms with Crippen molar-refractivity contribution in [1.29, 1.82) is 0 Å². The monoisotopic (exact) mass is 188 g/mol. The van der Waals surface area contributed by atoms with Crippen LogP contribution < -0.4 is 5.73 Å². The van der Waals surface area contributed by atoms with Crippen LogP contribution in [0.1, 0.15) is 11.3 Å². The van der Waals surface area contributed by atoms with Gasteiger partial charge in [-0.3, -0.25) is 0 Å². The lowest BCUT2D eigenvalue weighted by atomic mass is 10.1. The molecule has 0 aliphatic rings. The van der Waals surface area contributed by atoms with Crippen LogP contribution in [0, 0.1) is 6.92 Å². The van der Waals surface area contributed by atoms with Crippen LogP contribution in [0.4, 0.5) is 0 Å². The number of benzene rings is 1. The Kier molecular flexibility index (Phi) is 2.33. The number of oxazole rings is 1. The maximum absolute atomic E-state index is 5.63. The van der Waals surface area contributed by atoms with Crippen LogP contribution >= 0.6 is 0 Å². The molecule has 3 nitrogen and oxygen atoms in total. The van der Waals surface area contributed by atoms with E-state index in [1.807, 2.05) is 31.2 Å². The molecular formula is C11H12N2O. The van der Waals surface area contributed by atoms with E-state index in [2.05, 4.69) is 4.98 Å². The predicted molar refractivity (Wildman–Crippen MR) is 54.6 cm³/mol. The molecule has 0 saturated carbocycles. The number of hydrogen-bond acceptors (Lipinski definition) is 3. The lowest BCUT2D eigenvalue weighted by Crippen LogP contribution is -1.98. The third kappa shape index (κ3) is 1.54. The summed E-state index contributed by atoms with van der Waals surface area (Å²) in [5.41, 5.74) is 8.53. The molecule has 0 atom stereocenters. The van der Waals surface area contributed by atoms with Crippen molar-refractivity contribution < 1.29 is 4.42 Å². The molecule has 1 heterocycles. The van der Waals surface area contributed by atoms with Crippen LogP contribution in [-0.2, 0) is 6.54 Å². The summed E-state index contributed by atoms with van der Waals surface area (Å²) in [6.07, 6.45) is 1.64. The third-order valence-electron chi connectivity index (χ3n) is 2.09. The van der Waals surface area contributed by atoms with Gasteiger partial charge in [-0.2, -0.15) is 0 Å². The highest BCUT2D eigenvalue weighted by Gasteiger charge is 2.07. The zero-order valence-electron chi connectivity index (χ0n) is 8.03. The molecule has 0 spiro atoms. The zero-order chi connectivity index (χ0) is 9.97. The number of hydrogen-bond donors (Lipinski definition) is 1. The Morgan fingerprint density at radius 3 is 2.79 bits per heavy atom. The molecule has 0 radical (unpaired) electrons. The van der Waals surface area contributed by atoms with Crippen LogP contribution in [0.5, 0.6) is 0 Å². The molecule has 2 aromatic rings. The summed E-state index contributed by atoms with van der Waals surface area (Å²) >= 11 is 0. The van der Waals surface area contributed by atoms with Crippen molar-refractivity contribution >= 4 is 0 Å². The second-order valence-electron chi connectivity index (χ2n) is 3.16.